The number of halogens is 2. The van der Waals surface area contributed by atoms with Gasteiger partial charge in [0.2, 0.25) is 5.13 Å². The summed E-state index contributed by atoms with van der Waals surface area (Å²) in [6.45, 7) is 2.75. The highest BCUT2D eigenvalue weighted by atomic mass is 35.5. The first-order valence-corrected chi connectivity index (χ1v) is 13.5. The fourth-order valence-electron chi connectivity index (χ4n) is 4.09. The van der Waals surface area contributed by atoms with E-state index in [1.807, 2.05) is 6.07 Å². The van der Waals surface area contributed by atoms with Gasteiger partial charge in [-0.2, -0.15) is 8.42 Å². The molecule has 33 heavy (non-hydrogen) atoms. The van der Waals surface area contributed by atoms with Crippen molar-refractivity contribution >= 4 is 55.7 Å². The van der Waals surface area contributed by atoms with Crippen molar-refractivity contribution in [1.82, 2.24) is 24.7 Å². The van der Waals surface area contributed by atoms with Gasteiger partial charge >= 0.3 is 6.03 Å². The maximum absolute atomic E-state index is 12.5. The molecule has 14 heteroatoms. The lowest BCUT2D eigenvalue weighted by atomic mass is 9.99. The predicted octanol–water partition coefficient (Wildman–Crippen LogP) is 2.83. The van der Waals surface area contributed by atoms with E-state index in [1.54, 1.807) is 12.1 Å². The first-order chi connectivity index (χ1) is 15.7. The number of benzene rings is 1. The van der Waals surface area contributed by atoms with Crippen molar-refractivity contribution < 1.29 is 17.9 Å². The summed E-state index contributed by atoms with van der Waals surface area (Å²) >= 11 is 12.7. The van der Waals surface area contributed by atoms with E-state index in [1.165, 1.54) is 4.90 Å². The molecule has 0 aliphatic carbocycles. The number of hydrogen-bond donors (Lipinski definition) is 2. The molecule has 2 aliphatic rings. The Bertz CT molecular complexity index is 1100. The van der Waals surface area contributed by atoms with Crippen molar-refractivity contribution in [3.05, 3.63) is 28.2 Å². The third-order valence-electron chi connectivity index (χ3n) is 5.81. The maximum Gasteiger partial charge on any atom is 0.331 e. The Labute approximate surface area is 206 Å². The van der Waals surface area contributed by atoms with Crippen LogP contribution in [-0.2, 0) is 10.0 Å². The molecule has 4 rings (SSSR count). The van der Waals surface area contributed by atoms with Crippen LogP contribution in [0.25, 0.3) is 0 Å². The summed E-state index contributed by atoms with van der Waals surface area (Å²) in [6.07, 6.45) is 3.45. The number of rotatable bonds is 5. The van der Waals surface area contributed by atoms with Crippen LogP contribution in [-0.4, -0.2) is 72.8 Å². The van der Waals surface area contributed by atoms with Crippen molar-refractivity contribution in [2.24, 2.45) is 0 Å². The number of ether oxygens (including phenoxy) is 1. The molecule has 2 aromatic rings. The van der Waals surface area contributed by atoms with Gasteiger partial charge in [-0.25, -0.2) is 9.52 Å². The summed E-state index contributed by atoms with van der Waals surface area (Å²) in [6, 6.07) is 4.97. The minimum atomic E-state index is -4.08. The first kappa shape index (κ1) is 24.3. The average molecular weight is 535 g/mol. The number of likely N-dealkylation sites (tertiary alicyclic amines) is 2. The third-order valence-corrected chi connectivity index (χ3v) is 8.99. The summed E-state index contributed by atoms with van der Waals surface area (Å²) in [5.41, 5.74) is 5.43. The van der Waals surface area contributed by atoms with Gasteiger partial charge in [-0.15, -0.1) is 10.2 Å². The molecule has 2 saturated heterocycles. The van der Waals surface area contributed by atoms with Crippen LogP contribution < -0.4 is 15.2 Å². The van der Waals surface area contributed by atoms with Crippen LogP contribution in [0.2, 0.25) is 10.0 Å². The van der Waals surface area contributed by atoms with Crippen molar-refractivity contribution in [2.45, 2.75) is 42.2 Å². The highest BCUT2D eigenvalue weighted by Gasteiger charge is 2.32. The van der Waals surface area contributed by atoms with Crippen LogP contribution >= 0.6 is 34.5 Å². The smallest absolute Gasteiger partial charge is 0.331 e. The van der Waals surface area contributed by atoms with Crippen LogP contribution in [0.5, 0.6) is 5.75 Å². The van der Waals surface area contributed by atoms with Gasteiger partial charge in [0.15, 0.2) is 0 Å². The Morgan fingerprint density at radius 2 is 1.79 bits per heavy atom. The Morgan fingerprint density at radius 1 is 1.09 bits per heavy atom. The molecule has 1 aromatic carbocycles. The number of urea groups is 1. The minimum absolute atomic E-state index is 0.0229. The quantitative estimate of drug-likeness (QED) is 0.598. The standard InChI is InChI=1S/C19H24Cl2N6O4S2/c20-15-2-1-14(11-16(15)21)31-13-5-9-26(10-6-13)12-3-7-27(8-4-12)18(28)25-33(29,30)19-24-23-17(22)32-19/h1-2,11-13H,3-10H2,(H2,22,23)(H,25,28). The topological polar surface area (TPSA) is 131 Å². The number of nitrogens with two attached hydrogens (primary N) is 1. The van der Waals surface area contributed by atoms with E-state index in [4.69, 9.17) is 33.7 Å². The molecule has 2 amide bonds. The predicted molar refractivity (Wildman–Crippen MR) is 126 cm³/mol. The molecule has 1 aromatic heterocycles. The molecule has 0 saturated carbocycles. The second-order valence-corrected chi connectivity index (χ2v) is 11.6. The number of nitrogens with zero attached hydrogens (tertiary/aromatic N) is 4. The van der Waals surface area contributed by atoms with Crippen molar-refractivity contribution in [3.63, 3.8) is 0 Å². The van der Waals surface area contributed by atoms with Crippen molar-refractivity contribution in [1.29, 1.82) is 0 Å². The normalized spacial score (nSPS) is 18.9. The van der Waals surface area contributed by atoms with E-state index in [2.05, 4.69) is 19.8 Å². The summed E-state index contributed by atoms with van der Waals surface area (Å²) in [4.78, 5) is 16.4. The van der Waals surface area contributed by atoms with Crippen LogP contribution in [0.3, 0.4) is 0 Å². The summed E-state index contributed by atoms with van der Waals surface area (Å²) in [5.74, 6) is 0.716. The fourth-order valence-corrected chi connectivity index (χ4v) is 6.13. The van der Waals surface area contributed by atoms with Gasteiger partial charge in [-0.05, 0) is 37.8 Å². The first-order valence-electron chi connectivity index (χ1n) is 10.5. The molecule has 180 valence electrons. The Kier molecular flexibility index (Phi) is 7.49. The van der Waals surface area contributed by atoms with Gasteiger partial charge < -0.3 is 15.4 Å². The molecule has 2 fully saturated rings. The largest absolute Gasteiger partial charge is 0.490 e. The van der Waals surface area contributed by atoms with Gasteiger partial charge in [0.05, 0.1) is 10.0 Å². The van der Waals surface area contributed by atoms with E-state index in [0.717, 1.165) is 38.8 Å². The zero-order valence-electron chi connectivity index (χ0n) is 17.6. The van der Waals surface area contributed by atoms with Gasteiger partial charge in [-0.1, -0.05) is 34.5 Å². The van der Waals surface area contributed by atoms with E-state index in [-0.39, 0.29) is 15.6 Å². The number of anilines is 1. The molecule has 3 N–H and O–H groups in total. The lowest BCUT2D eigenvalue weighted by molar-refractivity contribution is 0.0540. The summed E-state index contributed by atoms with van der Waals surface area (Å²) < 4.78 is 32.3. The molecular formula is C19H24Cl2N6O4S2. The van der Waals surface area contributed by atoms with Crippen molar-refractivity contribution in [2.75, 3.05) is 31.9 Å². The number of aromatic nitrogens is 2. The second-order valence-electron chi connectivity index (χ2n) is 7.96. The monoisotopic (exact) mass is 534 g/mol. The minimum Gasteiger partial charge on any atom is -0.490 e. The Balaban J connectivity index is 1.22. The molecule has 0 spiro atoms. The van der Waals surface area contributed by atoms with Gasteiger partial charge in [0.25, 0.3) is 14.4 Å². The maximum atomic E-state index is 12.5. The Morgan fingerprint density at radius 3 is 2.39 bits per heavy atom. The molecule has 10 nitrogen and oxygen atoms in total. The van der Waals surface area contributed by atoms with Crippen LogP contribution in [0, 0.1) is 0 Å². The van der Waals surface area contributed by atoms with E-state index in [0.29, 0.717) is 46.3 Å². The number of carbonyl (C=O) groups excluding carboxylic acids is 1. The SMILES string of the molecule is Nc1nnc(S(=O)(=O)NC(=O)N2CCC(N3CCC(Oc4ccc(Cl)c(Cl)c4)CC3)CC2)s1. The van der Waals surface area contributed by atoms with Crippen LogP contribution in [0.4, 0.5) is 9.93 Å². The molecule has 2 aliphatic heterocycles. The summed E-state index contributed by atoms with van der Waals surface area (Å²) in [5, 5.41) is 7.97. The summed E-state index contributed by atoms with van der Waals surface area (Å²) in [7, 11) is -4.08. The number of piperidine rings is 2. The Hall–Kier alpha value is -1.86. The lowest BCUT2D eigenvalue weighted by Crippen LogP contribution is -2.52. The lowest BCUT2D eigenvalue weighted by Gasteiger charge is -2.41. The molecule has 0 unspecified atom stereocenters. The highest BCUT2D eigenvalue weighted by molar-refractivity contribution is 7.92. The molecule has 0 bridgehead atoms. The van der Waals surface area contributed by atoms with E-state index in [9.17, 15) is 13.2 Å². The van der Waals surface area contributed by atoms with E-state index >= 15 is 0 Å². The van der Waals surface area contributed by atoms with Gasteiger partial charge in [0.1, 0.15) is 11.9 Å². The molecule has 3 heterocycles. The average Bonchev–Trinajstić information content (AvgIpc) is 3.24. The molecule has 0 radical (unpaired) electrons. The number of amides is 2. The third kappa shape index (κ3) is 5.99. The zero-order chi connectivity index (χ0) is 23.6. The van der Waals surface area contributed by atoms with Crippen LogP contribution in [0.1, 0.15) is 25.7 Å². The molecule has 0 atom stereocenters. The number of hydrogen-bond acceptors (Lipinski definition) is 9. The number of carbonyl (C=O) groups is 1. The van der Waals surface area contributed by atoms with Gasteiger partial charge in [0, 0.05) is 38.3 Å². The second kappa shape index (κ2) is 10.2. The van der Waals surface area contributed by atoms with Crippen LogP contribution in [0.15, 0.2) is 22.5 Å². The number of sulfonamides is 1. The van der Waals surface area contributed by atoms with Gasteiger partial charge in [-0.3, -0.25) is 4.90 Å². The fraction of sp³-hybridized carbons (Fsp3) is 0.526. The molecular weight excluding hydrogens is 511 g/mol. The number of nitrogens with one attached hydrogen (secondary N) is 1. The zero-order valence-corrected chi connectivity index (χ0v) is 20.8. The highest BCUT2D eigenvalue weighted by Crippen LogP contribution is 2.29. The number of nitrogen functional groups attached to an aromatic ring is 1. The van der Waals surface area contributed by atoms with Crippen molar-refractivity contribution in [3.8, 4) is 5.75 Å². The van der Waals surface area contributed by atoms with E-state index < -0.39 is 16.1 Å².